The van der Waals surface area contributed by atoms with Crippen molar-refractivity contribution in [1.29, 1.82) is 0 Å². The molecule has 0 unspecified atom stereocenters. The Hall–Kier alpha value is -3.39. The summed E-state index contributed by atoms with van der Waals surface area (Å²) in [6.07, 6.45) is 6.20. The zero-order valence-electron chi connectivity index (χ0n) is 29.5. The quantitative estimate of drug-likeness (QED) is 0.192. The van der Waals surface area contributed by atoms with Crippen LogP contribution in [0.25, 0.3) is 44.3 Å². The minimum atomic E-state index is -0.570. The molecule has 0 atom stereocenters. The van der Waals surface area contributed by atoms with Crippen LogP contribution < -0.4 is 4.57 Å². The summed E-state index contributed by atoms with van der Waals surface area (Å²) in [5.74, 6) is -0.570. The topological polar surface area (TPSA) is 17.0 Å². The molecule has 0 aliphatic heterocycles. The van der Waals surface area contributed by atoms with E-state index in [9.17, 15) is 1.37 Å². The molecule has 0 N–H and O–H groups in total. The summed E-state index contributed by atoms with van der Waals surface area (Å²) in [7, 11) is 2.10. The molecule has 0 bridgehead atoms. The molecular formula is C42H50NO+. The predicted octanol–water partition coefficient (Wildman–Crippen LogP) is 11.3. The van der Waals surface area contributed by atoms with Crippen LogP contribution in [-0.4, -0.2) is 0 Å². The Labute approximate surface area is 265 Å². The molecule has 0 spiro atoms. The van der Waals surface area contributed by atoms with E-state index in [2.05, 4.69) is 141 Å². The summed E-state index contributed by atoms with van der Waals surface area (Å²) in [4.78, 5) is 0. The Morgan fingerprint density at radius 1 is 0.773 bits per heavy atom. The van der Waals surface area contributed by atoms with Crippen LogP contribution in [0.15, 0.2) is 71.3 Å². The summed E-state index contributed by atoms with van der Waals surface area (Å²) >= 11 is 0. The largest absolute Gasteiger partial charge is 0.454 e. The third-order valence-corrected chi connectivity index (χ3v) is 13.2. The van der Waals surface area contributed by atoms with E-state index in [0.717, 1.165) is 64.4 Å². The number of hydrogen-bond acceptors (Lipinski definition) is 1. The highest BCUT2D eigenvalue weighted by molar-refractivity contribution is 6.13. The molecule has 3 aromatic carbocycles. The van der Waals surface area contributed by atoms with Gasteiger partial charge in [0.1, 0.15) is 18.2 Å². The molecule has 44 heavy (non-hydrogen) atoms. The molecule has 1 fully saturated rings. The van der Waals surface area contributed by atoms with Crippen molar-refractivity contribution in [3.63, 3.8) is 0 Å². The maximum absolute atomic E-state index is 9.95. The van der Waals surface area contributed by atoms with Gasteiger partial charge in [-0.3, -0.25) is 0 Å². The van der Waals surface area contributed by atoms with Crippen LogP contribution >= 0.6 is 0 Å². The van der Waals surface area contributed by atoms with Crippen LogP contribution in [0, 0.1) is 17.8 Å². The summed E-state index contributed by atoms with van der Waals surface area (Å²) in [5, 5.41) is 2.29. The van der Waals surface area contributed by atoms with E-state index in [1.54, 1.807) is 0 Å². The number of pyridine rings is 1. The van der Waals surface area contributed by atoms with Gasteiger partial charge in [-0.2, -0.15) is 0 Å². The first-order valence-corrected chi connectivity index (χ1v) is 16.6. The lowest BCUT2D eigenvalue weighted by molar-refractivity contribution is -0.660. The molecule has 2 heterocycles. The normalized spacial score (nSPS) is 21.4. The van der Waals surface area contributed by atoms with Gasteiger partial charge in [0.2, 0.25) is 5.69 Å². The first-order valence-electron chi connectivity index (χ1n) is 17.1. The smallest absolute Gasteiger partial charge is 0.216 e. The van der Waals surface area contributed by atoms with Crippen molar-refractivity contribution in [1.82, 2.24) is 0 Å². The van der Waals surface area contributed by atoms with E-state index in [1.807, 2.05) is 0 Å². The maximum Gasteiger partial charge on any atom is 0.216 e. The number of aryl methyl sites for hydroxylation is 2. The Kier molecular flexibility index (Phi) is 6.10. The first kappa shape index (κ1) is 28.1. The van der Waals surface area contributed by atoms with E-state index >= 15 is 0 Å². The zero-order chi connectivity index (χ0) is 32.3. The number of hydrogen-bond donors (Lipinski definition) is 0. The minimum Gasteiger partial charge on any atom is -0.454 e. The van der Waals surface area contributed by atoms with Crippen LogP contribution in [0.2, 0.25) is 0 Å². The van der Waals surface area contributed by atoms with Gasteiger partial charge in [0.05, 0.1) is 5.56 Å². The molecule has 2 aliphatic rings. The van der Waals surface area contributed by atoms with Gasteiger partial charge >= 0.3 is 0 Å². The number of fused-ring (bicyclic) bond motifs is 4. The van der Waals surface area contributed by atoms with Gasteiger partial charge in [0, 0.05) is 29.8 Å². The fourth-order valence-corrected chi connectivity index (χ4v) is 8.81. The van der Waals surface area contributed by atoms with Gasteiger partial charge in [0.15, 0.2) is 6.20 Å². The fourth-order valence-electron chi connectivity index (χ4n) is 8.81. The Morgan fingerprint density at radius 3 is 2.16 bits per heavy atom. The SMILES string of the molecule is [2H]C1(c2cc(-c3cccc4c3oc3c(-c5cccc[n+]5C)c(C)ccc34)cc3c2C(C)(C)C(C)(C)C(C)(C)C3(C)C)CCCC1. The Bertz CT molecular complexity index is 1980. The molecule has 2 heteroatoms. The predicted molar refractivity (Wildman–Crippen MR) is 185 cm³/mol. The first-order chi connectivity index (χ1) is 21.0. The van der Waals surface area contributed by atoms with E-state index in [-0.39, 0.29) is 21.7 Å². The van der Waals surface area contributed by atoms with E-state index in [1.165, 1.54) is 27.8 Å². The monoisotopic (exact) mass is 585 g/mol. The van der Waals surface area contributed by atoms with Gasteiger partial charge in [-0.15, -0.1) is 0 Å². The van der Waals surface area contributed by atoms with Crippen molar-refractivity contribution in [3.05, 3.63) is 89.1 Å². The Balaban J connectivity index is 1.57. The summed E-state index contributed by atoms with van der Waals surface area (Å²) in [5.41, 5.74) is 11.6. The van der Waals surface area contributed by atoms with Crippen LogP contribution in [0.4, 0.5) is 0 Å². The van der Waals surface area contributed by atoms with Crippen molar-refractivity contribution in [2.45, 2.75) is 105 Å². The molecular weight excluding hydrogens is 534 g/mol. The van der Waals surface area contributed by atoms with Crippen molar-refractivity contribution in [3.8, 4) is 22.4 Å². The van der Waals surface area contributed by atoms with Crippen LogP contribution in [0.3, 0.4) is 0 Å². The van der Waals surface area contributed by atoms with Crippen molar-refractivity contribution < 1.29 is 10.4 Å². The molecule has 0 saturated heterocycles. The molecule has 228 valence electrons. The zero-order valence-corrected chi connectivity index (χ0v) is 28.5. The standard InChI is InChI=1S/C42H50NO/c1-26-21-22-31-30-19-15-18-29(37(30)44-38(31)35(26)34-20-13-14-23-43(34)10)28-24-32(27-16-11-12-17-27)36-33(25-28)39(2,3)41(6,7)42(8,9)40(36,4)5/h13-15,18-25,27H,11-12,16-17H2,1-10H3/q+1/i27D. The van der Waals surface area contributed by atoms with Crippen molar-refractivity contribution in [2.75, 3.05) is 0 Å². The number of nitrogens with zero attached hydrogens (tertiary/aromatic N) is 1. The fraction of sp³-hybridized carbons (Fsp3) is 0.452. The summed E-state index contributed by atoms with van der Waals surface area (Å²) < 4.78 is 19.1. The second-order valence-corrected chi connectivity index (χ2v) is 15.9. The van der Waals surface area contributed by atoms with E-state index in [0.29, 0.717) is 0 Å². The second-order valence-electron chi connectivity index (χ2n) is 15.9. The molecule has 7 rings (SSSR count). The molecule has 0 radical (unpaired) electrons. The van der Waals surface area contributed by atoms with Crippen molar-refractivity contribution in [2.24, 2.45) is 17.9 Å². The number of rotatable bonds is 3. The lowest BCUT2D eigenvalue weighted by Crippen LogP contribution is -2.60. The second kappa shape index (κ2) is 9.56. The van der Waals surface area contributed by atoms with Gasteiger partial charge in [0.25, 0.3) is 0 Å². The average molecular weight is 586 g/mol. The highest BCUT2D eigenvalue weighted by Crippen LogP contribution is 2.67. The van der Waals surface area contributed by atoms with Crippen LogP contribution in [-0.2, 0) is 17.9 Å². The molecule has 2 aliphatic carbocycles. The number of furan rings is 1. The van der Waals surface area contributed by atoms with Gasteiger partial charge in [-0.1, -0.05) is 111 Å². The van der Waals surface area contributed by atoms with Crippen LogP contribution in [0.5, 0.6) is 0 Å². The molecule has 5 aromatic rings. The lowest BCUT2D eigenvalue weighted by atomic mass is 9.39. The minimum absolute atomic E-state index is 0.0142. The number of benzene rings is 3. The Morgan fingerprint density at radius 2 is 1.45 bits per heavy atom. The lowest BCUT2D eigenvalue weighted by Gasteiger charge is -2.64. The third kappa shape index (κ3) is 3.75. The maximum atomic E-state index is 9.95. The number of aromatic nitrogens is 1. The summed E-state index contributed by atoms with van der Waals surface area (Å²) in [6, 6.07) is 22.3. The highest BCUT2D eigenvalue weighted by Gasteiger charge is 2.61. The van der Waals surface area contributed by atoms with Crippen molar-refractivity contribution >= 4 is 21.9 Å². The van der Waals surface area contributed by atoms with Gasteiger partial charge in [-0.25, -0.2) is 4.57 Å². The van der Waals surface area contributed by atoms with Gasteiger partial charge in [-0.05, 0) is 81.2 Å². The molecule has 2 nitrogen and oxygen atoms in total. The highest BCUT2D eigenvalue weighted by atomic mass is 16.3. The summed E-state index contributed by atoms with van der Waals surface area (Å²) in [6.45, 7) is 21.8. The molecule has 0 amide bonds. The number of para-hydroxylation sites is 1. The van der Waals surface area contributed by atoms with Gasteiger partial charge < -0.3 is 4.42 Å². The van der Waals surface area contributed by atoms with E-state index in [4.69, 9.17) is 4.42 Å². The molecule has 1 saturated carbocycles. The van der Waals surface area contributed by atoms with Crippen LogP contribution in [0.1, 0.15) is 111 Å². The van der Waals surface area contributed by atoms with E-state index < -0.39 is 5.89 Å². The average Bonchev–Trinajstić information content (AvgIpc) is 3.60. The molecule has 2 aromatic heterocycles. The third-order valence-electron chi connectivity index (χ3n) is 13.2.